The standard InChI is InChI=1S/C20H25FN2O3S/c1-16-3-8-20(17(2)15-16)27(24,25)23-11-9-22(10-12-23)13-14-26-19-6-4-18(21)5-7-19/h3-8,15H,9-14H2,1-2H3. The van der Waals surface area contributed by atoms with Crippen LogP contribution in [0.3, 0.4) is 0 Å². The molecule has 0 bridgehead atoms. The van der Waals surface area contributed by atoms with Crippen LogP contribution in [0.1, 0.15) is 11.1 Å². The Kier molecular flexibility index (Phi) is 6.14. The topological polar surface area (TPSA) is 49.9 Å². The van der Waals surface area contributed by atoms with Crippen LogP contribution in [0, 0.1) is 19.7 Å². The Balaban J connectivity index is 1.51. The van der Waals surface area contributed by atoms with Crippen molar-refractivity contribution >= 4 is 10.0 Å². The first-order valence-corrected chi connectivity index (χ1v) is 10.5. The summed E-state index contributed by atoms with van der Waals surface area (Å²) in [5.74, 6) is 0.343. The molecule has 0 aliphatic carbocycles. The SMILES string of the molecule is Cc1ccc(S(=O)(=O)N2CCN(CCOc3ccc(F)cc3)CC2)c(C)c1. The number of nitrogens with zero attached hydrogens (tertiary/aromatic N) is 2. The van der Waals surface area contributed by atoms with Crippen LogP contribution in [0.5, 0.6) is 5.75 Å². The van der Waals surface area contributed by atoms with E-state index in [1.54, 1.807) is 22.5 Å². The number of sulfonamides is 1. The number of hydrogen-bond donors (Lipinski definition) is 0. The molecule has 1 saturated heterocycles. The van der Waals surface area contributed by atoms with Gasteiger partial charge in [-0.3, -0.25) is 4.90 Å². The fourth-order valence-electron chi connectivity index (χ4n) is 3.24. The van der Waals surface area contributed by atoms with Crippen molar-refractivity contribution in [3.05, 3.63) is 59.4 Å². The molecule has 1 fully saturated rings. The molecule has 7 heteroatoms. The van der Waals surface area contributed by atoms with E-state index in [0.29, 0.717) is 50.0 Å². The second-order valence-corrected chi connectivity index (χ2v) is 8.72. The zero-order chi connectivity index (χ0) is 19.4. The van der Waals surface area contributed by atoms with E-state index in [1.807, 2.05) is 26.0 Å². The van der Waals surface area contributed by atoms with Crippen LogP contribution in [-0.2, 0) is 10.0 Å². The first-order valence-electron chi connectivity index (χ1n) is 9.04. The molecule has 1 aliphatic heterocycles. The van der Waals surface area contributed by atoms with Gasteiger partial charge in [0.2, 0.25) is 10.0 Å². The monoisotopic (exact) mass is 392 g/mol. The first kappa shape index (κ1) is 19.8. The number of piperazine rings is 1. The normalized spacial score (nSPS) is 16.4. The molecule has 0 saturated carbocycles. The van der Waals surface area contributed by atoms with Crippen molar-refractivity contribution in [1.82, 2.24) is 9.21 Å². The Labute approximate surface area is 160 Å². The van der Waals surface area contributed by atoms with Gasteiger partial charge in [0, 0.05) is 32.7 Å². The van der Waals surface area contributed by atoms with Gasteiger partial charge in [-0.05, 0) is 49.7 Å². The molecule has 0 atom stereocenters. The summed E-state index contributed by atoms with van der Waals surface area (Å²) in [4.78, 5) is 2.57. The molecule has 0 radical (unpaired) electrons. The van der Waals surface area contributed by atoms with Gasteiger partial charge in [-0.2, -0.15) is 4.31 Å². The minimum Gasteiger partial charge on any atom is -0.492 e. The Morgan fingerprint density at radius 1 is 1.00 bits per heavy atom. The van der Waals surface area contributed by atoms with Gasteiger partial charge in [-0.25, -0.2) is 12.8 Å². The summed E-state index contributed by atoms with van der Waals surface area (Å²) in [6, 6.07) is 11.4. The van der Waals surface area contributed by atoms with Gasteiger partial charge in [0.25, 0.3) is 0 Å². The predicted molar refractivity (Wildman–Crippen MR) is 103 cm³/mol. The minimum absolute atomic E-state index is 0.288. The van der Waals surface area contributed by atoms with E-state index in [4.69, 9.17) is 4.74 Å². The summed E-state index contributed by atoms with van der Waals surface area (Å²) in [5.41, 5.74) is 1.84. The molecule has 5 nitrogen and oxygen atoms in total. The summed E-state index contributed by atoms with van der Waals surface area (Å²) in [6.07, 6.45) is 0. The van der Waals surface area contributed by atoms with E-state index >= 15 is 0 Å². The number of aryl methyl sites for hydroxylation is 2. The lowest BCUT2D eigenvalue weighted by Gasteiger charge is -2.34. The highest BCUT2D eigenvalue weighted by molar-refractivity contribution is 7.89. The maximum Gasteiger partial charge on any atom is 0.243 e. The van der Waals surface area contributed by atoms with E-state index in [0.717, 1.165) is 11.1 Å². The molecule has 0 aromatic heterocycles. The molecule has 2 aromatic carbocycles. The van der Waals surface area contributed by atoms with E-state index in [2.05, 4.69) is 4.90 Å². The van der Waals surface area contributed by atoms with Gasteiger partial charge >= 0.3 is 0 Å². The van der Waals surface area contributed by atoms with Crippen LogP contribution in [0.25, 0.3) is 0 Å². The Hall–Kier alpha value is -1.96. The summed E-state index contributed by atoms with van der Waals surface area (Å²) >= 11 is 0. The first-order chi connectivity index (χ1) is 12.9. The highest BCUT2D eigenvalue weighted by Gasteiger charge is 2.29. The van der Waals surface area contributed by atoms with E-state index < -0.39 is 10.0 Å². The summed E-state index contributed by atoms with van der Waals surface area (Å²) in [6.45, 7) is 7.23. The number of benzene rings is 2. The molecular formula is C20H25FN2O3S. The van der Waals surface area contributed by atoms with Gasteiger partial charge in [-0.1, -0.05) is 17.7 Å². The van der Waals surface area contributed by atoms with Crippen molar-refractivity contribution in [3.8, 4) is 5.75 Å². The van der Waals surface area contributed by atoms with Gasteiger partial charge in [0.15, 0.2) is 0 Å². The smallest absolute Gasteiger partial charge is 0.243 e. The number of hydrogen-bond acceptors (Lipinski definition) is 4. The molecule has 146 valence electrons. The number of halogens is 1. The lowest BCUT2D eigenvalue weighted by molar-refractivity contribution is 0.159. The molecule has 1 heterocycles. The zero-order valence-electron chi connectivity index (χ0n) is 15.7. The molecule has 3 rings (SSSR count). The van der Waals surface area contributed by atoms with Gasteiger partial charge in [0.05, 0.1) is 4.90 Å². The van der Waals surface area contributed by atoms with Crippen molar-refractivity contribution in [2.75, 3.05) is 39.3 Å². The fourth-order valence-corrected chi connectivity index (χ4v) is 4.87. The van der Waals surface area contributed by atoms with E-state index in [1.165, 1.54) is 12.1 Å². The molecule has 0 amide bonds. The maximum atomic E-state index is 12.9. The molecule has 2 aromatic rings. The van der Waals surface area contributed by atoms with E-state index in [9.17, 15) is 12.8 Å². The number of rotatable bonds is 6. The van der Waals surface area contributed by atoms with Crippen LogP contribution >= 0.6 is 0 Å². The lowest BCUT2D eigenvalue weighted by atomic mass is 10.2. The molecular weight excluding hydrogens is 367 g/mol. The Bertz CT molecular complexity index is 877. The summed E-state index contributed by atoms with van der Waals surface area (Å²) in [7, 11) is -3.46. The number of ether oxygens (including phenoxy) is 1. The molecule has 0 spiro atoms. The maximum absolute atomic E-state index is 12.9. The van der Waals surface area contributed by atoms with Crippen LogP contribution in [0.15, 0.2) is 47.4 Å². The predicted octanol–water partition coefficient (Wildman–Crippen LogP) is 2.83. The van der Waals surface area contributed by atoms with Gasteiger partial charge in [-0.15, -0.1) is 0 Å². The van der Waals surface area contributed by atoms with Crippen molar-refractivity contribution in [2.45, 2.75) is 18.7 Å². The van der Waals surface area contributed by atoms with Crippen molar-refractivity contribution in [2.24, 2.45) is 0 Å². The van der Waals surface area contributed by atoms with Gasteiger partial charge in [0.1, 0.15) is 18.2 Å². The average molecular weight is 392 g/mol. The highest BCUT2D eigenvalue weighted by atomic mass is 32.2. The lowest BCUT2D eigenvalue weighted by Crippen LogP contribution is -2.49. The zero-order valence-corrected chi connectivity index (χ0v) is 16.5. The molecule has 0 unspecified atom stereocenters. The second-order valence-electron chi connectivity index (χ2n) is 6.82. The average Bonchev–Trinajstić information content (AvgIpc) is 2.63. The highest BCUT2D eigenvalue weighted by Crippen LogP contribution is 2.22. The third-order valence-corrected chi connectivity index (χ3v) is 6.83. The quantitative estimate of drug-likeness (QED) is 0.759. The van der Waals surface area contributed by atoms with Crippen molar-refractivity contribution < 1.29 is 17.5 Å². The third-order valence-electron chi connectivity index (χ3n) is 4.77. The summed E-state index contributed by atoms with van der Waals surface area (Å²) in [5, 5.41) is 0. The van der Waals surface area contributed by atoms with Crippen molar-refractivity contribution in [1.29, 1.82) is 0 Å². The van der Waals surface area contributed by atoms with Crippen molar-refractivity contribution in [3.63, 3.8) is 0 Å². The Morgan fingerprint density at radius 3 is 2.30 bits per heavy atom. The van der Waals surface area contributed by atoms with Crippen LogP contribution in [0.4, 0.5) is 4.39 Å². The second kappa shape index (κ2) is 8.37. The molecule has 1 aliphatic rings. The Morgan fingerprint density at radius 2 is 1.67 bits per heavy atom. The van der Waals surface area contributed by atoms with E-state index in [-0.39, 0.29) is 5.82 Å². The van der Waals surface area contributed by atoms with Crippen LogP contribution < -0.4 is 4.74 Å². The molecule has 27 heavy (non-hydrogen) atoms. The van der Waals surface area contributed by atoms with Crippen LogP contribution in [0.2, 0.25) is 0 Å². The minimum atomic E-state index is -3.46. The fraction of sp³-hybridized carbons (Fsp3) is 0.400. The third kappa shape index (κ3) is 4.86. The molecule has 0 N–H and O–H groups in total. The van der Waals surface area contributed by atoms with Gasteiger partial charge < -0.3 is 4.74 Å². The van der Waals surface area contributed by atoms with Crippen LogP contribution in [-0.4, -0.2) is 57.0 Å². The largest absolute Gasteiger partial charge is 0.492 e. The summed E-state index contributed by atoms with van der Waals surface area (Å²) < 4.78 is 45.9.